The van der Waals surface area contributed by atoms with Gasteiger partial charge in [0.05, 0.1) is 22.9 Å². The summed E-state index contributed by atoms with van der Waals surface area (Å²) in [6.45, 7) is 8.56. The Morgan fingerprint density at radius 1 is 0.897 bits per heavy atom. The van der Waals surface area contributed by atoms with E-state index in [1.807, 2.05) is 54.3 Å². The number of piperidine rings is 1. The Kier molecular flexibility index (Phi) is 7.81. The number of carbonyl (C=O) groups is 1. The van der Waals surface area contributed by atoms with Crippen molar-refractivity contribution < 1.29 is 4.79 Å². The molecule has 0 radical (unpaired) electrons. The normalized spacial score (nSPS) is 15.9. The Hall–Kier alpha value is -4.33. The standard InChI is InChI=1S/C32H34N6O/c1-23-18-24(2)31(38(27-10-12-35-13-11-27)28-8-5-6-25(19-28)21-33)20-29(23)32(39)37-16-14-36(15-17-37)30-9-4-3-7-26(30)22-34/h3-9,18-20,27,35H,10-17H2,1-2H3. The molecule has 2 saturated heterocycles. The highest BCUT2D eigenvalue weighted by atomic mass is 16.2. The third-order valence-corrected chi connectivity index (χ3v) is 7.89. The third kappa shape index (κ3) is 5.46. The quantitative estimate of drug-likeness (QED) is 0.517. The van der Waals surface area contributed by atoms with Crippen molar-refractivity contribution >= 4 is 23.0 Å². The number of hydrogen-bond acceptors (Lipinski definition) is 6. The maximum absolute atomic E-state index is 13.9. The molecule has 0 bridgehead atoms. The Bertz CT molecular complexity index is 1440. The first-order valence-corrected chi connectivity index (χ1v) is 13.6. The predicted molar refractivity (Wildman–Crippen MR) is 154 cm³/mol. The van der Waals surface area contributed by atoms with Gasteiger partial charge in [0.2, 0.25) is 0 Å². The molecule has 0 aromatic heterocycles. The van der Waals surface area contributed by atoms with E-state index < -0.39 is 0 Å². The lowest BCUT2D eigenvalue weighted by atomic mass is 9.97. The van der Waals surface area contributed by atoms with Crippen molar-refractivity contribution in [3.05, 3.63) is 88.5 Å². The first-order valence-electron chi connectivity index (χ1n) is 13.6. The molecule has 0 unspecified atom stereocenters. The summed E-state index contributed by atoms with van der Waals surface area (Å²) in [5.74, 6) is 0.0398. The summed E-state index contributed by atoms with van der Waals surface area (Å²) in [5.41, 5.74) is 7.02. The van der Waals surface area contributed by atoms with Crippen LogP contribution in [-0.4, -0.2) is 56.1 Å². The van der Waals surface area contributed by atoms with Gasteiger partial charge in [-0.25, -0.2) is 0 Å². The number of piperazine rings is 1. The number of nitriles is 2. The summed E-state index contributed by atoms with van der Waals surface area (Å²) < 4.78 is 0. The fourth-order valence-electron chi connectivity index (χ4n) is 5.83. The molecule has 7 heteroatoms. The van der Waals surface area contributed by atoms with Crippen LogP contribution in [0.3, 0.4) is 0 Å². The minimum absolute atomic E-state index is 0.0398. The van der Waals surface area contributed by atoms with Crippen LogP contribution in [0.5, 0.6) is 0 Å². The molecule has 0 spiro atoms. The van der Waals surface area contributed by atoms with Gasteiger partial charge >= 0.3 is 0 Å². The number of para-hydroxylation sites is 1. The van der Waals surface area contributed by atoms with Crippen LogP contribution in [0, 0.1) is 36.5 Å². The molecule has 2 aliphatic heterocycles. The lowest BCUT2D eigenvalue weighted by Gasteiger charge is -2.38. The Morgan fingerprint density at radius 2 is 1.64 bits per heavy atom. The molecule has 0 atom stereocenters. The van der Waals surface area contributed by atoms with Crippen LogP contribution < -0.4 is 15.1 Å². The third-order valence-electron chi connectivity index (χ3n) is 7.89. The highest BCUT2D eigenvalue weighted by Gasteiger charge is 2.28. The highest BCUT2D eigenvalue weighted by Crippen LogP contribution is 2.36. The van der Waals surface area contributed by atoms with Gasteiger partial charge in [0.1, 0.15) is 6.07 Å². The van der Waals surface area contributed by atoms with Gasteiger partial charge in [-0.05, 0) is 87.3 Å². The summed E-state index contributed by atoms with van der Waals surface area (Å²) in [6.07, 6.45) is 1.97. The van der Waals surface area contributed by atoms with E-state index in [0.29, 0.717) is 37.3 Å². The molecule has 3 aromatic carbocycles. The van der Waals surface area contributed by atoms with Crippen LogP contribution in [0.1, 0.15) is 45.5 Å². The Balaban J connectivity index is 1.44. The average Bonchev–Trinajstić information content (AvgIpc) is 2.99. The molecule has 0 aliphatic carbocycles. The number of aryl methyl sites for hydroxylation is 2. The van der Waals surface area contributed by atoms with Gasteiger partial charge in [0.25, 0.3) is 5.91 Å². The van der Waals surface area contributed by atoms with Gasteiger partial charge in [-0.15, -0.1) is 0 Å². The molecule has 1 amide bonds. The van der Waals surface area contributed by atoms with Crippen LogP contribution in [-0.2, 0) is 0 Å². The minimum atomic E-state index is 0.0398. The summed E-state index contributed by atoms with van der Waals surface area (Å²) >= 11 is 0. The molecule has 2 fully saturated rings. The SMILES string of the molecule is Cc1cc(C)c(N(c2cccc(C#N)c2)C2CCNCC2)cc1C(=O)N1CCN(c2ccccc2C#N)CC1. The Morgan fingerprint density at radius 3 is 2.36 bits per heavy atom. The van der Waals surface area contributed by atoms with Crippen LogP contribution in [0.4, 0.5) is 17.1 Å². The number of amides is 1. The van der Waals surface area contributed by atoms with Crippen molar-refractivity contribution in [3.63, 3.8) is 0 Å². The summed E-state index contributed by atoms with van der Waals surface area (Å²) in [6, 6.07) is 24.4. The summed E-state index contributed by atoms with van der Waals surface area (Å²) in [7, 11) is 0. The first-order chi connectivity index (χ1) is 19.0. The zero-order valence-corrected chi connectivity index (χ0v) is 22.7. The molecule has 7 nitrogen and oxygen atoms in total. The number of nitrogens with one attached hydrogen (secondary N) is 1. The topological polar surface area (TPSA) is 86.4 Å². The molecule has 5 rings (SSSR count). The highest BCUT2D eigenvalue weighted by molar-refractivity contribution is 5.97. The average molecular weight is 519 g/mol. The van der Waals surface area contributed by atoms with Crippen LogP contribution in [0.25, 0.3) is 0 Å². The van der Waals surface area contributed by atoms with Crippen LogP contribution >= 0.6 is 0 Å². The fraction of sp³-hybridized carbons (Fsp3) is 0.344. The van der Waals surface area contributed by atoms with Gasteiger partial charge in [-0.3, -0.25) is 4.79 Å². The maximum Gasteiger partial charge on any atom is 0.254 e. The van der Waals surface area contributed by atoms with E-state index in [2.05, 4.69) is 52.4 Å². The van der Waals surface area contributed by atoms with Crippen LogP contribution in [0.15, 0.2) is 60.7 Å². The lowest BCUT2D eigenvalue weighted by molar-refractivity contribution is 0.0746. The number of carbonyl (C=O) groups excluding carboxylic acids is 1. The largest absolute Gasteiger partial charge is 0.367 e. The summed E-state index contributed by atoms with van der Waals surface area (Å²) in [5, 5.41) is 22.5. The van der Waals surface area contributed by atoms with Crippen molar-refractivity contribution in [3.8, 4) is 12.1 Å². The first kappa shape index (κ1) is 26.3. The monoisotopic (exact) mass is 518 g/mol. The van der Waals surface area contributed by atoms with Gasteiger partial charge in [0.15, 0.2) is 0 Å². The van der Waals surface area contributed by atoms with Gasteiger partial charge < -0.3 is 20.0 Å². The zero-order chi connectivity index (χ0) is 27.4. The molecule has 39 heavy (non-hydrogen) atoms. The van der Waals surface area contributed by atoms with Crippen molar-refractivity contribution in [1.29, 1.82) is 10.5 Å². The lowest BCUT2D eigenvalue weighted by Crippen LogP contribution is -2.49. The van der Waals surface area contributed by atoms with Crippen molar-refractivity contribution in [2.45, 2.75) is 32.7 Å². The molecule has 0 saturated carbocycles. The van der Waals surface area contributed by atoms with E-state index in [4.69, 9.17) is 0 Å². The van der Waals surface area contributed by atoms with Gasteiger partial charge in [-0.2, -0.15) is 10.5 Å². The molecule has 2 aliphatic rings. The Labute approximate surface area is 230 Å². The van der Waals surface area contributed by atoms with Crippen molar-refractivity contribution in [2.75, 3.05) is 49.1 Å². The van der Waals surface area contributed by atoms with Crippen molar-refractivity contribution in [1.82, 2.24) is 10.2 Å². The van der Waals surface area contributed by atoms with E-state index in [0.717, 1.165) is 59.7 Å². The molecule has 1 N–H and O–H groups in total. The number of anilines is 3. The second-order valence-corrected chi connectivity index (χ2v) is 10.4. The number of nitrogens with zero attached hydrogens (tertiary/aromatic N) is 5. The van der Waals surface area contributed by atoms with E-state index in [1.54, 1.807) is 0 Å². The van der Waals surface area contributed by atoms with E-state index >= 15 is 0 Å². The van der Waals surface area contributed by atoms with Gasteiger partial charge in [-0.1, -0.05) is 24.3 Å². The smallest absolute Gasteiger partial charge is 0.254 e. The van der Waals surface area contributed by atoms with E-state index in [1.165, 1.54) is 0 Å². The molecule has 3 aromatic rings. The molecular weight excluding hydrogens is 484 g/mol. The van der Waals surface area contributed by atoms with Gasteiger partial charge in [0, 0.05) is 49.2 Å². The summed E-state index contributed by atoms with van der Waals surface area (Å²) in [4.78, 5) is 20.3. The maximum atomic E-state index is 13.9. The number of rotatable bonds is 5. The number of hydrogen-bond donors (Lipinski definition) is 1. The molecule has 2 heterocycles. The van der Waals surface area contributed by atoms with E-state index in [9.17, 15) is 15.3 Å². The second kappa shape index (κ2) is 11.6. The molecular formula is C32H34N6O. The number of benzene rings is 3. The van der Waals surface area contributed by atoms with E-state index in [-0.39, 0.29) is 11.9 Å². The molecule has 198 valence electrons. The van der Waals surface area contributed by atoms with Crippen molar-refractivity contribution in [2.24, 2.45) is 0 Å². The predicted octanol–water partition coefficient (Wildman–Crippen LogP) is 4.90. The fourth-order valence-corrected chi connectivity index (χ4v) is 5.83. The second-order valence-electron chi connectivity index (χ2n) is 10.4. The minimum Gasteiger partial charge on any atom is -0.367 e. The zero-order valence-electron chi connectivity index (χ0n) is 22.7. The van der Waals surface area contributed by atoms with Crippen LogP contribution in [0.2, 0.25) is 0 Å².